The third kappa shape index (κ3) is 3.66. The zero-order valence-electron chi connectivity index (χ0n) is 11.1. The first-order chi connectivity index (χ1) is 7.91. The van der Waals surface area contributed by atoms with E-state index in [2.05, 4.69) is 18.7 Å². The van der Waals surface area contributed by atoms with Gasteiger partial charge >= 0.3 is 6.09 Å². The fourth-order valence-corrected chi connectivity index (χ4v) is 1.26. The molecule has 0 radical (unpaired) electrons. The van der Waals surface area contributed by atoms with Crippen LogP contribution < -0.4 is 9.64 Å². The average Bonchev–Trinajstić information content (AvgIpc) is 2.28. The molecule has 0 fully saturated rings. The molecule has 0 aliphatic carbocycles. The summed E-state index contributed by atoms with van der Waals surface area (Å²) in [6, 6.07) is 7.91. The monoisotopic (exact) mass is 236 g/mol. The normalized spacial score (nSPS) is 10.2. The van der Waals surface area contributed by atoms with Crippen molar-refractivity contribution in [1.82, 2.24) is 4.90 Å². The van der Waals surface area contributed by atoms with E-state index in [1.165, 1.54) is 4.90 Å². The zero-order valence-corrected chi connectivity index (χ0v) is 11.1. The lowest BCUT2D eigenvalue weighted by molar-refractivity contribution is 0.172. The van der Waals surface area contributed by atoms with Gasteiger partial charge in [0.15, 0.2) is 0 Å². The number of ether oxygens (including phenoxy) is 1. The van der Waals surface area contributed by atoms with Crippen LogP contribution in [0.3, 0.4) is 0 Å². The van der Waals surface area contributed by atoms with Gasteiger partial charge in [-0.1, -0.05) is 6.07 Å². The molecule has 0 N–H and O–H groups in total. The molecule has 1 amide bonds. The third-order valence-corrected chi connectivity index (χ3v) is 2.57. The number of amides is 1. The SMILES string of the molecule is CC(C)N(C)c1cccc(OC(=O)N(C)C)c1. The summed E-state index contributed by atoms with van der Waals surface area (Å²) >= 11 is 0. The Morgan fingerprint density at radius 3 is 2.41 bits per heavy atom. The molecule has 0 aromatic heterocycles. The highest BCUT2D eigenvalue weighted by atomic mass is 16.6. The van der Waals surface area contributed by atoms with E-state index in [0.29, 0.717) is 11.8 Å². The lowest BCUT2D eigenvalue weighted by Gasteiger charge is -2.24. The third-order valence-electron chi connectivity index (χ3n) is 2.57. The lowest BCUT2D eigenvalue weighted by atomic mass is 10.2. The minimum absolute atomic E-state index is 0.366. The molecule has 0 aliphatic heterocycles. The van der Waals surface area contributed by atoms with Crippen molar-refractivity contribution in [3.8, 4) is 5.75 Å². The van der Waals surface area contributed by atoms with Gasteiger partial charge < -0.3 is 14.5 Å². The Bertz CT molecular complexity index is 389. The van der Waals surface area contributed by atoms with Gasteiger partial charge in [-0.25, -0.2) is 4.79 Å². The van der Waals surface area contributed by atoms with Gasteiger partial charge in [0, 0.05) is 38.9 Å². The molecular weight excluding hydrogens is 216 g/mol. The molecule has 0 atom stereocenters. The molecule has 0 bridgehead atoms. The number of anilines is 1. The lowest BCUT2D eigenvalue weighted by Crippen LogP contribution is -2.26. The van der Waals surface area contributed by atoms with Crippen LogP contribution in [0.1, 0.15) is 13.8 Å². The summed E-state index contributed by atoms with van der Waals surface area (Å²) in [5, 5.41) is 0. The van der Waals surface area contributed by atoms with Crippen LogP contribution in [0, 0.1) is 0 Å². The van der Waals surface area contributed by atoms with Gasteiger partial charge in [0.2, 0.25) is 0 Å². The number of hydrogen-bond donors (Lipinski definition) is 0. The van der Waals surface area contributed by atoms with Crippen LogP contribution in [-0.4, -0.2) is 38.2 Å². The minimum Gasteiger partial charge on any atom is -0.410 e. The predicted molar refractivity (Wildman–Crippen MR) is 69.7 cm³/mol. The average molecular weight is 236 g/mol. The summed E-state index contributed by atoms with van der Waals surface area (Å²) in [6.07, 6.45) is -0.366. The van der Waals surface area contributed by atoms with Crippen molar-refractivity contribution in [3.05, 3.63) is 24.3 Å². The van der Waals surface area contributed by atoms with Gasteiger partial charge in [-0.15, -0.1) is 0 Å². The summed E-state index contributed by atoms with van der Waals surface area (Å²) in [6.45, 7) is 4.22. The van der Waals surface area contributed by atoms with Gasteiger partial charge in [0.05, 0.1) is 0 Å². The Balaban J connectivity index is 2.83. The number of benzene rings is 1. The van der Waals surface area contributed by atoms with E-state index in [1.54, 1.807) is 20.2 Å². The quantitative estimate of drug-likeness (QED) is 0.808. The molecule has 0 heterocycles. The molecule has 1 aromatic carbocycles. The van der Waals surface area contributed by atoms with Crippen molar-refractivity contribution in [1.29, 1.82) is 0 Å². The molecule has 0 saturated carbocycles. The van der Waals surface area contributed by atoms with Crippen LogP contribution in [0.2, 0.25) is 0 Å². The van der Waals surface area contributed by atoms with E-state index >= 15 is 0 Å². The number of hydrogen-bond acceptors (Lipinski definition) is 3. The molecule has 0 aliphatic rings. The number of carbonyl (C=O) groups is 1. The first-order valence-corrected chi connectivity index (χ1v) is 5.64. The second kappa shape index (κ2) is 5.57. The fraction of sp³-hybridized carbons (Fsp3) is 0.462. The van der Waals surface area contributed by atoms with Gasteiger partial charge in [0.1, 0.15) is 5.75 Å². The highest BCUT2D eigenvalue weighted by Crippen LogP contribution is 2.21. The van der Waals surface area contributed by atoms with E-state index in [4.69, 9.17) is 4.74 Å². The molecule has 0 unspecified atom stereocenters. The first-order valence-electron chi connectivity index (χ1n) is 5.64. The molecule has 17 heavy (non-hydrogen) atoms. The molecular formula is C13H20N2O2. The van der Waals surface area contributed by atoms with Crippen LogP contribution in [0.15, 0.2) is 24.3 Å². The van der Waals surface area contributed by atoms with Crippen molar-refractivity contribution in [2.24, 2.45) is 0 Å². The van der Waals surface area contributed by atoms with Crippen LogP contribution in [0.25, 0.3) is 0 Å². The van der Waals surface area contributed by atoms with Crippen LogP contribution >= 0.6 is 0 Å². The highest BCUT2D eigenvalue weighted by Gasteiger charge is 2.09. The summed E-state index contributed by atoms with van der Waals surface area (Å²) < 4.78 is 5.21. The fourth-order valence-electron chi connectivity index (χ4n) is 1.26. The highest BCUT2D eigenvalue weighted by molar-refractivity contribution is 5.70. The van der Waals surface area contributed by atoms with Crippen LogP contribution in [0.4, 0.5) is 10.5 Å². The zero-order chi connectivity index (χ0) is 13.0. The van der Waals surface area contributed by atoms with Gasteiger partial charge in [-0.05, 0) is 26.0 Å². The smallest absolute Gasteiger partial charge is 0.410 e. The van der Waals surface area contributed by atoms with E-state index in [9.17, 15) is 4.79 Å². The second-order valence-corrected chi connectivity index (χ2v) is 4.46. The summed E-state index contributed by atoms with van der Waals surface area (Å²) in [7, 11) is 5.33. The minimum atomic E-state index is -0.366. The Labute approximate surface area is 103 Å². The maximum absolute atomic E-state index is 11.4. The molecule has 0 saturated heterocycles. The Morgan fingerprint density at radius 2 is 1.88 bits per heavy atom. The number of rotatable bonds is 3. The predicted octanol–water partition coefficient (Wildman–Crippen LogP) is 2.59. The number of nitrogens with zero attached hydrogens (tertiary/aromatic N) is 2. The first kappa shape index (κ1) is 13.4. The van der Waals surface area contributed by atoms with E-state index in [-0.39, 0.29) is 6.09 Å². The summed E-state index contributed by atoms with van der Waals surface area (Å²) in [4.78, 5) is 14.9. The van der Waals surface area contributed by atoms with Crippen LogP contribution in [0.5, 0.6) is 5.75 Å². The van der Waals surface area contributed by atoms with E-state index in [1.807, 2.05) is 25.2 Å². The second-order valence-electron chi connectivity index (χ2n) is 4.46. The van der Waals surface area contributed by atoms with Crippen molar-refractivity contribution in [3.63, 3.8) is 0 Å². The molecule has 4 heteroatoms. The summed E-state index contributed by atoms with van der Waals surface area (Å²) in [5.41, 5.74) is 1.03. The Morgan fingerprint density at radius 1 is 1.24 bits per heavy atom. The molecule has 4 nitrogen and oxygen atoms in total. The maximum atomic E-state index is 11.4. The van der Waals surface area contributed by atoms with Gasteiger partial charge in [0.25, 0.3) is 0 Å². The molecule has 1 rings (SSSR count). The van der Waals surface area contributed by atoms with Gasteiger partial charge in [-0.3, -0.25) is 0 Å². The topological polar surface area (TPSA) is 32.8 Å². The molecule has 1 aromatic rings. The van der Waals surface area contributed by atoms with Crippen molar-refractivity contribution in [2.45, 2.75) is 19.9 Å². The van der Waals surface area contributed by atoms with Crippen LogP contribution in [-0.2, 0) is 0 Å². The Kier molecular flexibility index (Phi) is 4.37. The van der Waals surface area contributed by atoms with E-state index in [0.717, 1.165) is 5.69 Å². The van der Waals surface area contributed by atoms with Crippen molar-refractivity contribution >= 4 is 11.8 Å². The maximum Gasteiger partial charge on any atom is 0.414 e. The van der Waals surface area contributed by atoms with Gasteiger partial charge in [-0.2, -0.15) is 0 Å². The largest absolute Gasteiger partial charge is 0.414 e. The van der Waals surface area contributed by atoms with Crippen molar-refractivity contribution in [2.75, 3.05) is 26.0 Å². The standard InChI is InChI=1S/C13H20N2O2/c1-10(2)15(5)11-7-6-8-12(9-11)17-13(16)14(3)4/h6-10H,1-5H3. The Hall–Kier alpha value is -1.71. The number of carbonyl (C=O) groups excluding carboxylic acids is 1. The molecule has 94 valence electrons. The van der Waals surface area contributed by atoms with Crippen molar-refractivity contribution < 1.29 is 9.53 Å². The summed E-state index contributed by atoms with van der Waals surface area (Å²) in [5.74, 6) is 0.564. The van der Waals surface area contributed by atoms with E-state index < -0.39 is 0 Å². The molecule has 0 spiro atoms.